The van der Waals surface area contributed by atoms with E-state index in [2.05, 4.69) is 15.8 Å². The summed E-state index contributed by atoms with van der Waals surface area (Å²) in [6, 6.07) is 17.0. The summed E-state index contributed by atoms with van der Waals surface area (Å²) in [4.78, 5) is 52.5. The number of likely N-dealkylation sites (tertiary alicyclic amines) is 3. The highest BCUT2D eigenvalue weighted by molar-refractivity contribution is 7.48. The molecule has 3 amide bonds. The molecular weight excluding hydrogens is 1080 g/mol. The second kappa shape index (κ2) is 26.9. The molecule has 3 aromatic carbocycles. The first-order valence-electron chi connectivity index (χ1n) is 29.8. The normalized spacial score (nSPS) is 24.0. The number of carbonyl (C=O) groups is 3. The van der Waals surface area contributed by atoms with Gasteiger partial charge < -0.3 is 43.1 Å². The number of phosphoric ester groups is 1. The number of ether oxygens (including phenoxy) is 6. The first kappa shape index (κ1) is 61.5. The largest absolute Gasteiger partial charge is 0.485 e. The zero-order valence-corrected chi connectivity index (χ0v) is 50.0. The van der Waals surface area contributed by atoms with Crippen LogP contribution in [0.5, 0.6) is 17.2 Å². The Morgan fingerprint density at radius 3 is 1.16 bits per heavy atom. The average Bonchev–Trinajstić information content (AvgIpc) is 3.52. The van der Waals surface area contributed by atoms with Crippen LogP contribution in [-0.2, 0) is 46.7 Å². The SMILES string of the molecule is [C-]#[N+]c1ccc2c(c1)[C@@H](N1CCCC1=O)[C@H](OCCCCCOP(=O)(OCCCCCO[C@H]1[C@H](N3CCCC3=O)c3cc(C#N)ccc3OC1(C)C)OCCCCCO[C@H]1[C@H](N3CCCC3=O)c3cc([N+]#[C-])ccc3OC1(C)C)C(C)(C)O2. The van der Waals surface area contributed by atoms with Crippen LogP contribution in [0, 0.1) is 24.5 Å². The van der Waals surface area contributed by atoms with Crippen molar-refractivity contribution in [1.82, 2.24) is 14.7 Å². The van der Waals surface area contributed by atoms with Crippen molar-refractivity contribution in [3.05, 3.63) is 99.7 Å². The van der Waals surface area contributed by atoms with E-state index in [-0.39, 0.29) is 37.5 Å². The van der Waals surface area contributed by atoms with Crippen molar-refractivity contribution in [2.24, 2.45) is 0 Å². The summed E-state index contributed by atoms with van der Waals surface area (Å²) in [7, 11) is -4.02. The van der Waals surface area contributed by atoms with Crippen molar-refractivity contribution < 1.29 is 60.9 Å². The van der Waals surface area contributed by atoms with Gasteiger partial charge in [-0.3, -0.25) is 28.0 Å². The van der Waals surface area contributed by atoms with Crippen LogP contribution in [-0.4, -0.2) is 127 Å². The molecule has 0 aliphatic carbocycles. The molecular formula is C63H81N6O13P. The van der Waals surface area contributed by atoms with Crippen LogP contribution >= 0.6 is 7.82 Å². The number of nitrogens with zero attached hydrogens (tertiary/aromatic N) is 6. The van der Waals surface area contributed by atoms with Gasteiger partial charge >= 0.3 is 7.82 Å². The molecule has 3 fully saturated rings. The summed E-state index contributed by atoms with van der Waals surface area (Å²) in [6.07, 6.45) is 7.85. The molecule has 0 radical (unpaired) electrons. The topological polar surface area (TPSA) is 194 Å². The minimum atomic E-state index is -4.02. The number of phosphoric acid groups is 1. The maximum absolute atomic E-state index is 14.4. The van der Waals surface area contributed by atoms with Crippen LogP contribution in [0.15, 0.2) is 54.6 Å². The van der Waals surface area contributed by atoms with Gasteiger partial charge in [-0.2, -0.15) is 5.26 Å². The van der Waals surface area contributed by atoms with Gasteiger partial charge in [-0.15, -0.1) is 0 Å². The number of hydrogen-bond donors (Lipinski definition) is 0. The summed E-state index contributed by atoms with van der Waals surface area (Å²) < 4.78 is 71.6. The number of carbonyl (C=O) groups excluding carboxylic acids is 3. The Labute approximate surface area is 489 Å². The van der Waals surface area contributed by atoms with Crippen LogP contribution in [0.1, 0.15) is 178 Å². The van der Waals surface area contributed by atoms with E-state index in [1.165, 1.54) is 0 Å². The van der Waals surface area contributed by atoms with E-state index in [4.69, 9.17) is 55.1 Å². The smallest absolute Gasteiger partial charge is 0.474 e. The van der Waals surface area contributed by atoms with E-state index in [0.29, 0.717) is 151 Å². The minimum absolute atomic E-state index is 0.0538. The van der Waals surface area contributed by atoms with Crippen LogP contribution in [0.2, 0.25) is 0 Å². The molecule has 19 nitrogen and oxygen atoms in total. The molecule has 0 N–H and O–H groups in total. The Hall–Kier alpha value is -6.07. The van der Waals surface area contributed by atoms with Gasteiger partial charge in [-0.1, -0.05) is 12.1 Å². The molecule has 83 heavy (non-hydrogen) atoms. The summed E-state index contributed by atoms with van der Waals surface area (Å²) in [6.45, 7) is 30.4. The molecule has 9 rings (SSSR count). The molecule has 0 bridgehead atoms. The fourth-order valence-electron chi connectivity index (χ4n) is 12.6. The number of rotatable bonds is 27. The summed E-state index contributed by atoms with van der Waals surface area (Å²) >= 11 is 0. The quantitative estimate of drug-likeness (QED) is 0.0397. The highest BCUT2D eigenvalue weighted by atomic mass is 31.2. The highest BCUT2D eigenvalue weighted by Gasteiger charge is 2.52. The Morgan fingerprint density at radius 1 is 0.518 bits per heavy atom. The van der Waals surface area contributed by atoms with E-state index in [9.17, 15) is 24.2 Å². The maximum Gasteiger partial charge on any atom is 0.474 e. The molecule has 3 saturated heterocycles. The standard InChI is InChI=1S/C63H81N6O13P/c1-61(2)58(55(67-30-18-21-52(67)70)46-39-43(42-64)24-27-49(46)80-61)74-33-12-9-15-36-77-83(73,78-37-16-10-13-34-75-59-56(68-31-19-22-53(68)71)47-40-44(65-7)25-28-50(47)81-62(59,3)4)79-38-17-11-14-35-76-60-57(69-32-20-23-54(69)72)48-41-45(66-8)26-29-51(48)82-63(60,5)6/h24-29,39-41,55-60H,9-23,30-38H2,1-6H3/t55-,56-,57-,58+,59+,60+/m1/s1. The average molecular weight is 1160 g/mol. The third kappa shape index (κ3) is 14.2. The van der Waals surface area contributed by atoms with Crippen molar-refractivity contribution in [2.75, 3.05) is 59.3 Å². The molecule has 446 valence electrons. The van der Waals surface area contributed by atoms with Gasteiger partial charge in [0, 0.05) is 75.4 Å². The second-order valence-electron chi connectivity index (χ2n) is 24.1. The molecule has 6 aliphatic heterocycles. The Balaban J connectivity index is 0.778. The van der Waals surface area contributed by atoms with Crippen LogP contribution < -0.4 is 14.2 Å². The fourth-order valence-corrected chi connectivity index (χ4v) is 13.9. The lowest BCUT2D eigenvalue weighted by molar-refractivity contribution is -0.149. The lowest BCUT2D eigenvalue weighted by Gasteiger charge is -2.47. The molecule has 0 saturated carbocycles. The number of nitriles is 1. The van der Waals surface area contributed by atoms with Crippen LogP contribution in [0.4, 0.5) is 11.4 Å². The minimum Gasteiger partial charge on any atom is -0.485 e. The predicted molar refractivity (Wildman–Crippen MR) is 308 cm³/mol. The van der Waals surface area contributed by atoms with Crippen molar-refractivity contribution in [1.29, 1.82) is 5.26 Å². The van der Waals surface area contributed by atoms with Crippen molar-refractivity contribution in [3.63, 3.8) is 0 Å². The summed E-state index contributed by atoms with van der Waals surface area (Å²) in [5, 5.41) is 9.73. The van der Waals surface area contributed by atoms with Crippen molar-refractivity contribution in [3.8, 4) is 23.3 Å². The van der Waals surface area contributed by atoms with E-state index in [0.717, 1.165) is 36.0 Å². The Morgan fingerprint density at radius 2 is 0.843 bits per heavy atom. The summed E-state index contributed by atoms with van der Waals surface area (Å²) in [5.41, 5.74) is 1.46. The number of fused-ring (bicyclic) bond motifs is 3. The van der Waals surface area contributed by atoms with E-state index in [1.807, 2.05) is 68.4 Å². The van der Waals surface area contributed by atoms with Gasteiger partial charge in [0.05, 0.1) is 62.7 Å². The number of unbranched alkanes of at least 4 members (excludes halogenated alkanes) is 6. The number of amides is 3. The Bertz CT molecular complexity index is 2690. The van der Waals surface area contributed by atoms with Crippen LogP contribution in [0.25, 0.3) is 9.69 Å². The zero-order chi connectivity index (χ0) is 58.9. The van der Waals surface area contributed by atoms with Gasteiger partial charge in [0.2, 0.25) is 17.7 Å². The lowest BCUT2D eigenvalue weighted by Crippen LogP contribution is -2.55. The first-order valence-corrected chi connectivity index (χ1v) is 31.2. The van der Waals surface area contributed by atoms with Gasteiger partial charge in [0.15, 0.2) is 11.4 Å². The predicted octanol–water partition coefficient (Wildman–Crippen LogP) is 12.4. The molecule has 3 aromatic rings. The van der Waals surface area contributed by atoms with Crippen LogP contribution in [0.3, 0.4) is 0 Å². The lowest BCUT2D eigenvalue weighted by atomic mass is 9.84. The Kier molecular flexibility index (Phi) is 19.9. The third-order valence-electron chi connectivity index (χ3n) is 16.7. The first-order chi connectivity index (χ1) is 39.9. The van der Waals surface area contributed by atoms with Crippen molar-refractivity contribution >= 4 is 36.9 Å². The van der Waals surface area contributed by atoms with Crippen molar-refractivity contribution in [2.45, 2.75) is 191 Å². The highest BCUT2D eigenvalue weighted by Crippen LogP contribution is 2.52. The van der Waals surface area contributed by atoms with E-state index < -0.39 is 61.1 Å². The second-order valence-corrected chi connectivity index (χ2v) is 25.7. The number of benzene rings is 3. The monoisotopic (exact) mass is 1160 g/mol. The maximum atomic E-state index is 14.4. The molecule has 6 heterocycles. The van der Waals surface area contributed by atoms with E-state index in [1.54, 1.807) is 42.5 Å². The molecule has 0 unspecified atom stereocenters. The molecule has 6 atom stereocenters. The van der Waals surface area contributed by atoms with Gasteiger partial charge in [-0.05, 0) is 161 Å². The molecule has 0 spiro atoms. The van der Waals surface area contributed by atoms with Gasteiger partial charge in [0.25, 0.3) is 0 Å². The fraction of sp³-hybridized carbons (Fsp3) is 0.619. The van der Waals surface area contributed by atoms with Gasteiger partial charge in [0.1, 0.15) is 52.4 Å². The molecule has 20 heteroatoms. The zero-order valence-electron chi connectivity index (χ0n) is 49.1. The molecule has 6 aliphatic rings. The summed E-state index contributed by atoms with van der Waals surface area (Å²) in [5.74, 6) is 2.11. The molecule has 0 aromatic heterocycles. The van der Waals surface area contributed by atoms with E-state index >= 15 is 0 Å². The third-order valence-corrected chi connectivity index (χ3v) is 18.2. The van der Waals surface area contributed by atoms with Gasteiger partial charge in [-0.25, -0.2) is 14.3 Å². The number of hydrogen-bond acceptors (Lipinski definition) is 14.